The molecule has 4 heterocycles. The molecule has 0 saturated carbocycles. The van der Waals surface area contributed by atoms with Gasteiger partial charge < -0.3 is 16.0 Å². The molecule has 0 amide bonds. The normalized spacial score (nSPS) is 15.3. The molecule has 1 aromatic carbocycles. The van der Waals surface area contributed by atoms with Gasteiger partial charge in [-0.2, -0.15) is 4.98 Å². The minimum atomic E-state index is -1.08. The molecule has 34 heavy (non-hydrogen) atoms. The topological polar surface area (TPSA) is 111 Å². The predicted octanol–water partition coefficient (Wildman–Crippen LogP) is 3.99. The SMILES string of the molecule is Cn1nc(-c2ccc(N3CCC(C)(F)CC3)nc2)nc1Nc1ccc(-c2ccnc(N)n2)cc1. The van der Waals surface area contributed by atoms with E-state index in [1.54, 1.807) is 24.0 Å². The maximum atomic E-state index is 14.1. The lowest BCUT2D eigenvalue weighted by Gasteiger charge is -2.34. The molecule has 0 radical (unpaired) electrons. The summed E-state index contributed by atoms with van der Waals surface area (Å²) in [4.78, 5) is 19.5. The molecular formula is C24H26FN9. The number of hydrogen-bond acceptors (Lipinski definition) is 8. The minimum Gasteiger partial charge on any atom is -0.368 e. The monoisotopic (exact) mass is 459 g/mol. The molecular weight excluding hydrogens is 433 g/mol. The summed E-state index contributed by atoms with van der Waals surface area (Å²) in [6.07, 6.45) is 4.43. The number of nitrogen functional groups attached to an aromatic ring is 1. The summed E-state index contributed by atoms with van der Waals surface area (Å²) in [6.45, 7) is 3.00. The Bertz CT molecular complexity index is 1270. The maximum Gasteiger partial charge on any atom is 0.225 e. The highest BCUT2D eigenvalue weighted by Gasteiger charge is 2.29. The van der Waals surface area contributed by atoms with E-state index < -0.39 is 5.67 Å². The van der Waals surface area contributed by atoms with Gasteiger partial charge in [-0.3, -0.25) is 0 Å². The molecule has 4 aromatic rings. The highest BCUT2D eigenvalue weighted by Crippen LogP contribution is 2.29. The lowest BCUT2D eigenvalue weighted by molar-refractivity contribution is 0.149. The summed E-state index contributed by atoms with van der Waals surface area (Å²) in [6, 6.07) is 13.5. The number of nitrogens with two attached hydrogens (primary N) is 1. The molecule has 10 heteroatoms. The zero-order valence-corrected chi connectivity index (χ0v) is 19.1. The van der Waals surface area contributed by atoms with Crippen LogP contribution in [0.4, 0.5) is 27.8 Å². The van der Waals surface area contributed by atoms with E-state index in [2.05, 4.69) is 35.3 Å². The summed E-state index contributed by atoms with van der Waals surface area (Å²) < 4.78 is 15.8. The number of benzene rings is 1. The second kappa shape index (κ2) is 8.69. The number of piperidine rings is 1. The molecule has 1 aliphatic rings. The number of nitrogens with one attached hydrogen (secondary N) is 1. The van der Waals surface area contributed by atoms with Crippen molar-refractivity contribution in [3.63, 3.8) is 0 Å². The van der Waals surface area contributed by atoms with Crippen LogP contribution in [-0.4, -0.2) is 48.5 Å². The standard InChI is InChI=1S/C24H26FN9/c1-24(25)10-13-34(14-11-24)20-8-5-17(15-28-20)21-31-23(33(2)32-21)29-18-6-3-16(4-7-18)19-9-12-27-22(26)30-19/h3-9,12,15H,10-11,13-14H2,1-2H3,(H2,26,27,30)(H,29,31,32). The van der Waals surface area contributed by atoms with Gasteiger partial charge in [0.1, 0.15) is 11.5 Å². The molecule has 9 nitrogen and oxygen atoms in total. The van der Waals surface area contributed by atoms with Crippen LogP contribution in [0.1, 0.15) is 19.8 Å². The van der Waals surface area contributed by atoms with Crippen molar-refractivity contribution in [1.29, 1.82) is 0 Å². The Morgan fingerprint density at radius 1 is 0.971 bits per heavy atom. The van der Waals surface area contributed by atoms with Gasteiger partial charge in [0.25, 0.3) is 0 Å². The molecule has 174 valence electrons. The van der Waals surface area contributed by atoms with Crippen molar-refractivity contribution >= 4 is 23.4 Å². The number of aromatic nitrogens is 6. The van der Waals surface area contributed by atoms with Crippen LogP contribution >= 0.6 is 0 Å². The molecule has 0 unspecified atom stereocenters. The predicted molar refractivity (Wildman–Crippen MR) is 130 cm³/mol. The first-order chi connectivity index (χ1) is 16.4. The van der Waals surface area contributed by atoms with Crippen LogP contribution < -0.4 is 16.0 Å². The van der Waals surface area contributed by atoms with Crippen molar-refractivity contribution in [3.8, 4) is 22.6 Å². The molecule has 3 aromatic heterocycles. The summed E-state index contributed by atoms with van der Waals surface area (Å²) in [7, 11) is 1.83. The zero-order chi connectivity index (χ0) is 23.7. The molecule has 3 N–H and O–H groups in total. The van der Waals surface area contributed by atoms with E-state index in [4.69, 9.17) is 5.73 Å². The van der Waals surface area contributed by atoms with Crippen molar-refractivity contribution in [2.24, 2.45) is 7.05 Å². The Labute approximate surface area is 196 Å². The van der Waals surface area contributed by atoms with Crippen LogP contribution in [0, 0.1) is 0 Å². The number of hydrogen-bond donors (Lipinski definition) is 2. The van der Waals surface area contributed by atoms with Gasteiger partial charge in [0.15, 0.2) is 5.82 Å². The smallest absolute Gasteiger partial charge is 0.225 e. The molecule has 1 fully saturated rings. The van der Waals surface area contributed by atoms with E-state index >= 15 is 0 Å². The Morgan fingerprint density at radius 2 is 1.71 bits per heavy atom. The average molecular weight is 460 g/mol. The van der Waals surface area contributed by atoms with E-state index in [1.807, 2.05) is 49.5 Å². The van der Waals surface area contributed by atoms with Crippen molar-refractivity contribution in [3.05, 3.63) is 54.9 Å². The van der Waals surface area contributed by atoms with Gasteiger partial charge >= 0.3 is 0 Å². The highest BCUT2D eigenvalue weighted by atomic mass is 19.1. The van der Waals surface area contributed by atoms with Crippen LogP contribution in [0.3, 0.4) is 0 Å². The largest absolute Gasteiger partial charge is 0.368 e. The quantitative estimate of drug-likeness (QED) is 0.461. The molecule has 0 atom stereocenters. The van der Waals surface area contributed by atoms with Crippen LogP contribution in [-0.2, 0) is 7.05 Å². The maximum absolute atomic E-state index is 14.1. The fraction of sp³-hybridized carbons (Fsp3) is 0.292. The van der Waals surface area contributed by atoms with Gasteiger partial charge in [-0.15, -0.1) is 5.10 Å². The molecule has 5 rings (SSSR count). The fourth-order valence-electron chi connectivity index (χ4n) is 3.91. The first kappa shape index (κ1) is 21.7. The second-order valence-corrected chi connectivity index (χ2v) is 8.69. The second-order valence-electron chi connectivity index (χ2n) is 8.69. The van der Waals surface area contributed by atoms with Crippen molar-refractivity contribution in [2.75, 3.05) is 29.0 Å². The van der Waals surface area contributed by atoms with E-state index in [-0.39, 0.29) is 5.95 Å². The highest BCUT2D eigenvalue weighted by molar-refractivity contribution is 5.66. The Kier molecular flexibility index (Phi) is 5.56. The minimum absolute atomic E-state index is 0.243. The van der Waals surface area contributed by atoms with E-state index in [0.717, 1.165) is 28.3 Å². The van der Waals surface area contributed by atoms with Gasteiger partial charge in [-0.1, -0.05) is 12.1 Å². The third-order valence-electron chi connectivity index (χ3n) is 6.01. The van der Waals surface area contributed by atoms with E-state index in [9.17, 15) is 4.39 Å². The van der Waals surface area contributed by atoms with Crippen LogP contribution in [0.5, 0.6) is 0 Å². The first-order valence-corrected chi connectivity index (χ1v) is 11.1. The van der Waals surface area contributed by atoms with Crippen LogP contribution in [0.2, 0.25) is 0 Å². The summed E-state index contributed by atoms with van der Waals surface area (Å²) in [5.74, 6) is 2.27. The van der Waals surface area contributed by atoms with Crippen molar-refractivity contribution in [2.45, 2.75) is 25.4 Å². The number of pyridine rings is 1. The first-order valence-electron chi connectivity index (χ1n) is 11.1. The summed E-state index contributed by atoms with van der Waals surface area (Å²) >= 11 is 0. The van der Waals surface area contributed by atoms with Gasteiger partial charge in [-0.25, -0.2) is 24.0 Å². The molecule has 0 aliphatic carbocycles. The number of aryl methyl sites for hydroxylation is 1. The summed E-state index contributed by atoms with van der Waals surface area (Å²) in [5.41, 5.74) is 7.98. The molecule has 1 aliphatic heterocycles. The molecule has 0 spiro atoms. The third kappa shape index (κ3) is 4.66. The van der Waals surface area contributed by atoms with Crippen LogP contribution in [0.15, 0.2) is 54.9 Å². The Balaban J connectivity index is 1.28. The third-order valence-corrected chi connectivity index (χ3v) is 6.01. The van der Waals surface area contributed by atoms with Gasteiger partial charge in [-0.05, 0) is 50.1 Å². The number of nitrogens with zero attached hydrogens (tertiary/aromatic N) is 7. The summed E-state index contributed by atoms with van der Waals surface area (Å²) in [5, 5.41) is 7.81. The van der Waals surface area contributed by atoms with Crippen molar-refractivity contribution in [1.82, 2.24) is 29.7 Å². The Hall–Kier alpha value is -4.08. The van der Waals surface area contributed by atoms with Gasteiger partial charge in [0, 0.05) is 49.3 Å². The average Bonchev–Trinajstić information content (AvgIpc) is 3.20. The van der Waals surface area contributed by atoms with Crippen LogP contribution in [0.25, 0.3) is 22.6 Å². The number of anilines is 4. The van der Waals surface area contributed by atoms with E-state index in [1.165, 1.54) is 0 Å². The number of rotatable bonds is 5. The number of halogens is 1. The lowest BCUT2D eigenvalue weighted by atomic mass is 9.96. The number of alkyl halides is 1. The molecule has 1 saturated heterocycles. The van der Waals surface area contributed by atoms with Crippen molar-refractivity contribution < 1.29 is 4.39 Å². The lowest BCUT2D eigenvalue weighted by Crippen LogP contribution is -2.40. The molecule has 0 bridgehead atoms. The zero-order valence-electron chi connectivity index (χ0n) is 19.1. The van der Waals surface area contributed by atoms with E-state index in [0.29, 0.717) is 37.7 Å². The Morgan fingerprint density at radius 3 is 2.38 bits per heavy atom. The fourth-order valence-corrected chi connectivity index (χ4v) is 3.91. The van der Waals surface area contributed by atoms with Gasteiger partial charge in [0.05, 0.1) is 5.69 Å². The van der Waals surface area contributed by atoms with Gasteiger partial charge in [0.2, 0.25) is 11.9 Å².